The number of amides is 2. The number of rotatable bonds is 5. The van der Waals surface area contributed by atoms with Crippen LogP contribution in [0.25, 0.3) is 0 Å². The van der Waals surface area contributed by atoms with Gasteiger partial charge in [-0.15, -0.1) is 0 Å². The Balaban J connectivity index is 1.83. The SMILES string of the molecule is COc1ccc(C[C@H]2SC(=O)N(c3cccc(Cl)c3)C2=O)c(OC)c1. The summed E-state index contributed by atoms with van der Waals surface area (Å²) in [6.07, 6.45) is 0.388. The Morgan fingerprint density at radius 2 is 1.92 bits per heavy atom. The summed E-state index contributed by atoms with van der Waals surface area (Å²) in [6.45, 7) is 0. The van der Waals surface area contributed by atoms with Gasteiger partial charge in [0.15, 0.2) is 0 Å². The fourth-order valence-corrected chi connectivity index (χ4v) is 3.85. The lowest BCUT2D eigenvalue weighted by atomic mass is 10.1. The molecule has 1 atom stereocenters. The van der Waals surface area contributed by atoms with Crippen molar-refractivity contribution in [2.24, 2.45) is 0 Å². The predicted octanol–water partition coefficient (Wildman–Crippen LogP) is 4.17. The number of carbonyl (C=O) groups excluding carboxylic acids is 2. The molecule has 1 saturated heterocycles. The Kier molecular flexibility index (Phi) is 5.20. The number of ether oxygens (including phenoxy) is 2. The largest absolute Gasteiger partial charge is 0.497 e. The summed E-state index contributed by atoms with van der Waals surface area (Å²) in [5.74, 6) is 1.04. The number of carbonyl (C=O) groups is 2. The van der Waals surface area contributed by atoms with E-state index in [1.54, 1.807) is 50.6 Å². The van der Waals surface area contributed by atoms with Crippen molar-refractivity contribution in [2.75, 3.05) is 19.1 Å². The van der Waals surface area contributed by atoms with Crippen LogP contribution in [0.2, 0.25) is 5.02 Å². The molecule has 130 valence electrons. The molecule has 1 heterocycles. The second-order valence-corrected chi connectivity index (χ2v) is 7.00. The molecule has 0 radical (unpaired) electrons. The molecule has 1 fully saturated rings. The van der Waals surface area contributed by atoms with Gasteiger partial charge in [-0.05, 0) is 36.2 Å². The van der Waals surface area contributed by atoms with E-state index in [2.05, 4.69) is 0 Å². The second kappa shape index (κ2) is 7.37. The molecule has 0 aromatic heterocycles. The highest BCUT2D eigenvalue weighted by Gasteiger charge is 2.40. The zero-order valence-corrected chi connectivity index (χ0v) is 15.3. The van der Waals surface area contributed by atoms with Crippen molar-refractivity contribution in [3.63, 3.8) is 0 Å². The molecule has 0 unspecified atom stereocenters. The molecule has 1 aliphatic rings. The Bertz CT molecular complexity index is 826. The number of hydrogen-bond donors (Lipinski definition) is 0. The highest BCUT2D eigenvalue weighted by Crippen LogP contribution is 2.36. The van der Waals surface area contributed by atoms with E-state index in [1.165, 1.54) is 4.90 Å². The minimum atomic E-state index is -0.506. The first kappa shape index (κ1) is 17.6. The van der Waals surface area contributed by atoms with Crippen LogP contribution in [0.4, 0.5) is 10.5 Å². The van der Waals surface area contributed by atoms with Gasteiger partial charge in [0, 0.05) is 11.1 Å². The fraction of sp³-hybridized carbons (Fsp3) is 0.222. The highest BCUT2D eigenvalue weighted by atomic mass is 35.5. The van der Waals surface area contributed by atoms with Crippen LogP contribution in [0.5, 0.6) is 11.5 Å². The quantitative estimate of drug-likeness (QED) is 0.782. The molecule has 3 rings (SSSR count). The van der Waals surface area contributed by atoms with E-state index in [0.717, 1.165) is 17.3 Å². The molecule has 0 spiro atoms. The number of anilines is 1. The van der Waals surface area contributed by atoms with E-state index in [1.807, 2.05) is 6.07 Å². The van der Waals surface area contributed by atoms with E-state index in [0.29, 0.717) is 28.6 Å². The molecule has 25 heavy (non-hydrogen) atoms. The molecule has 2 aromatic carbocycles. The van der Waals surface area contributed by atoms with Crippen LogP contribution in [-0.4, -0.2) is 30.6 Å². The van der Waals surface area contributed by atoms with Crippen molar-refractivity contribution < 1.29 is 19.1 Å². The molecule has 2 aromatic rings. The van der Waals surface area contributed by atoms with E-state index < -0.39 is 5.25 Å². The van der Waals surface area contributed by atoms with Gasteiger partial charge < -0.3 is 9.47 Å². The normalized spacial score (nSPS) is 17.1. The summed E-state index contributed by atoms with van der Waals surface area (Å²) in [6, 6.07) is 12.1. The van der Waals surface area contributed by atoms with Crippen LogP contribution < -0.4 is 14.4 Å². The minimum absolute atomic E-state index is 0.255. The lowest BCUT2D eigenvalue weighted by molar-refractivity contribution is -0.117. The maximum absolute atomic E-state index is 12.7. The van der Waals surface area contributed by atoms with Crippen molar-refractivity contribution in [3.8, 4) is 11.5 Å². The van der Waals surface area contributed by atoms with Gasteiger partial charge in [-0.2, -0.15) is 0 Å². The van der Waals surface area contributed by atoms with Gasteiger partial charge in [0.2, 0.25) is 5.91 Å². The number of nitrogens with zero attached hydrogens (tertiary/aromatic N) is 1. The topological polar surface area (TPSA) is 55.8 Å². The molecule has 7 heteroatoms. The summed E-state index contributed by atoms with van der Waals surface area (Å²) in [4.78, 5) is 26.2. The van der Waals surface area contributed by atoms with Gasteiger partial charge in [0.25, 0.3) is 5.24 Å². The fourth-order valence-electron chi connectivity index (χ4n) is 2.66. The van der Waals surface area contributed by atoms with Crippen LogP contribution in [0.3, 0.4) is 0 Å². The summed E-state index contributed by atoms with van der Waals surface area (Å²) >= 11 is 6.98. The van der Waals surface area contributed by atoms with Gasteiger partial charge in [0.1, 0.15) is 11.5 Å². The van der Waals surface area contributed by atoms with E-state index in [-0.39, 0.29) is 11.1 Å². The first-order valence-electron chi connectivity index (χ1n) is 7.54. The van der Waals surface area contributed by atoms with Crippen LogP contribution in [0.15, 0.2) is 42.5 Å². The third-order valence-corrected chi connectivity index (χ3v) is 5.16. The van der Waals surface area contributed by atoms with Crippen LogP contribution in [-0.2, 0) is 11.2 Å². The minimum Gasteiger partial charge on any atom is -0.497 e. The number of hydrogen-bond acceptors (Lipinski definition) is 5. The molecule has 0 aliphatic carbocycles. The molecule has 0 bridgehead atoms. The van der Waals surface area contributed by atoms with E-state index >= 15 is 0 Å². The average Bonchev–Trinajstić information content (AvgIpc) is 2.88. The lowest BCUT2D eigenvalue weighted by Gasteiger charge is -2.15. The second-order valence-electron chi connectivity index (χ2n) is 5.41. The number of halogens is 1. The third kappa shape index (κ3) is 3.60. The number of methoxy groups -OCH3 is 2. The molecular weight excluding hydrogens is 362 g/mol. The van der Waals surface area contributed by atoms with Crippen LogP contribution >= 0.6 is 23.4 Å². The van der Waals surface area contributed by atoms with Crippen LogP contribution in [0, 0.1) is 0 Å². The van der Waals surface area contributed by atoms with Gasteiger partial charge in [-0.3, -0.25) is 9.59 Å². The average molecular weight is 378 g/mol. The van der Waals surface area contributed by atoms with Crippen molar-refractivity contribution >= 4 is 40.2 Å². The Morgan fingerprint density at radius 1 is 1.12 bits per heavy atom. The highest BCUT2D eigenvalue weighted by molar-refractivity contribution is 8.15. The standard InChI is InChI=1S/C18H16ClNO4S/c1-23-14-7-6-11(15(10-14)24-2)8-16-17(21)20(18(22)25-16)13-5-3-4-12(19)9-13/h3-7,9-10,16H,8H2,1-2H3/t16-/m1/s1. The summed E-state index contributed by atoms with van der Waals surface area (Å²) in [5, 5.41) is -0.332. The first-order chi connectivity index (χ1) is 12.0. The van der Waals surface area contributed by atoms with Gasteiger partial charge in [-0.25, -0.2) is 4.90 Å². The Hall–Kier alpha value is -2.18. The Morgan fingerprint density at radius 3 is 2.60 bits per heavy atom. The number of imide groups is 1. The first-order valence-corrected chi connectivity index (χ1v) is 8.80. The van der Waals surface area contributed by atoms with Crippen molar-refractivity contribution in [3.05, 3.63) is 53.1 Å². The lowest BCUT2D eigenvalue weighted by Crippen LogP contribution is -2.32. The maximum atomic E-state index is 12.7. The number of thioether (sulfide) groups is 1. The zero-order chi connectivity index (χ0) is 18.0. The van der Waals surface area contributed by atoms with Gasteiger partial charge in [0.05, 0.1) is 25.2 Å². The molecule has 2 amide bonds. The molecular formula is C18H16ClNO4S. The molecule has 1 aliphatic heterocycles. The monoisotopic (exact) mass is 377 g/mol. The smallest absolute Gasteiger partial charge is 0.293 e. The molecule has 0 saturated carbocycles. The zero-order valence-electron chi connectivity index (χ0n) is 13.7. The maximum Gasteiger partial charge on any atom is 0.293 e. The summed E-state index contributed by atoms with van der Waals surface area (Å²) in [5.41, 5.74) is 1.33. The third-order valence-electron chi connectivity index (χ3n) is 3.89. The summed E-state index contributed by atoms with van der Waals surface area (Å²) in [7, 11) is 3.14. The Labute approximate surface area is 154 Å². The molecule has 5 nitrogen and oxygen atoms in total. The summed E-state index contributed by atoms with van der Waals surface area (Å²) < 4.78 is 10.5. The van der Waals surface area contributed by atoms with Crippen LogP contribution in [0.1, 0.15) is 5.56 Å². The molecule has 0 N–H and O–H groups in total. The van der Waals surface area contributed by atoms with Crippen molar-refractivity contribution in [2.45, 2.75) is 11.7 Å². The predicted molar refractivity (Wildman–Crippen MR) is 99.0 cm³/mol. The van der Waals surface area contributed by atoms with Gasteiger partial charge in [-0.1, -0.05) is 35.5 Å². The van der Waals surface area contributed by atoms with Gasteiger partial charge >= 0.3 is 0 Å². The van der Waals surface area contributed by atoms with Crippen molar-refractivity contribution in [1.82, 2.24) is 0 Å². The van der Waals surface area contributed by atoms with E-state index in [9.17, 15) is 9.59 Å². The van der Waals surface area contributed by atoms with Crippen molar-refractivity contribution in [1.29, 1.82) is 0 Å². The number of benzene rings is 2. The van der Waals surface area contributed by atoms with E-state index in [4.69, 9.17) is 21.1 Å².